The van der Waals surface area contributed by atoms with Crippen molar-refractivity contribution in [2.45, 2.75) is 134 Å². The van der Waals surface area contributed by atoms with E-state index in [9.17, 15) is 58.5 Å². The number of fused-ring (bicyclic) bond motifs is 1. The van der Waals surface area contributed by atoms with Crippen LogP contribution in [0.4, 0.5) is 0 Å². The number of hydrogen-bond donors (Lipinski definition) is 14. The summed E-state index contributed by atoms with van der Waals surface area (Å²) in [5, 5.41) is 48.3. The first-order valence-electron chi connectivity index (χ1n) is 24.6. The zero-order valence-corrected chi connectivity index (χ0v) is 44.2. The molecule has 0 aliphatic rings. The molecule has 0 aliphatic heterocycles. The van der Waals surface area contributed by atoms with Gasteiger partial charge in [0.1, 0.15) is 48.0 Å². The average molecular weight is 1070 g/mol. The number of benzene rings is 2. The molecule has 74 heavy (non-hydrogen) atoms. The summed E-state index contributed by atoms with van der Waals surface area (Å²) < 4.78 is 0. The summed E-state index contributed by atoms with van der Waals surface area (Å²) in [6.45, 7) is 7.37. The van der Waals surface area contributed by atoms with Gasteiger partial charge < -0.3 is 69.0 Å². The van der Waals surface area contributed by atoms with Gasteiger partial charge in [-0.05, 0) is 91.8 Å². The summed E-state index contributed by atoms with van der Waals surface area (Å²) in [6.07, 6.45) is 3.46. The number of nitrogens with one attached hydrogen (secondary N) is 8. The van der Waals surface area contributed by atoms with Gasteiger partial charge in [0.05, 0.1) is 6.04 Å². The van der Waals surface area contributed by atoms with Gasteiger partial charge in [0.15, 0.2) is 0 Å². The van der Waals surface area contributed by atoms with Crippen LogP contribution in [0.3, 0.4) is 0 Å². The number of carbonyl (C=O) groups excluding carboxylic acids is 7. The van der Waals surface area contributed by atoms with Crippen LogP contribution in [0.2, 0.25) is 0 Å². The van der Waals surface area contributed by atoms with Gasteiger partial charge in [-0.3, -0.25) is 38.4 Å². The average Bonchev–Trinajstić information content (AvgIpc) is 3.78. The number of phenols is 1. The van der Waals surface area contributed by atoms with Crippen molar-refractivity contribution in [3.63, 3.8) is 0 Å². The quantitative estimate of drug-likeness (QED) is 0.0297. The van der Waals surface area contributed by atoms with Gasteiger partial charge in [-0.2, -0.15) is 24.4 Å². The first-order chi connectivity index (χ1) is 35.1. The number of unbranched alkanes of at least 4 members (excludes halogenated alkanes) is 1. The maximum atomic E-state index is 14.6. The Morgan fingerprint density at radius 3 is 1.76 bits per heavy atom. The number of H-pyrrole nitrogens is 1. The van der Waals surface area contributed by atoms with E-state index >= 15 is 0 Å². The second-order valence-corrected chi connectivity index (χ2v) is 19.8. The second kappa shape index (κ2) is 31.4. The van der Waals surface area contributed by atoms with Crippen LogP contribution in [0.1, 0.15) is 83.8 Å². The topological polar surface area (TPSA) is 366 Å². The summed E-state index contributed by atoms with van der Waals surface area (Å²) >= 11 is 5.46. The number of carbonyl (C=O) groups is 9. The number of thiol groups is 1. The van der Waals surface area contributed by atoms with E-state index < -0.39 is 120 Å². The molecular weight excluding hydrogens is 997 g/mol. The molecule has 1 aromatic heterocycles. The lowest BCUT2D eigenvalue weighted by Crippen LogP contribution is -2.61. The highest BCUT2D eigenvalue weighted by molar-refractivity contribution is 7.98. The first kappa shape index (κ1) is 61.9. The van der Waals surface area contributed by atoms with E-state index in [0.29, 0.717) is 47.0 Å². The fraction of sp³-hybridized carbons (Fsp3) is 0.540. The summed E-state index contributed by atoms with van der Waals surface area (Å²) in [5.74, 6) is -8.88. The Labute approximate surface area is 440 Å². The van der Waals surface area contributed by atoms with Crippen molar-refractivity contribution in [1.29, 1.82) is 0 Å². The number of amides is 7. The highest BCUT2D eigenvalue weighted by Gasteiger charge is 2.36. The van der Waals surface area contributed by atoms with Crippen LogP contribution in [-0.4, -0.2) is 146 Å². The van der Waals surface area contributed by atoms with E-state index in [4.69, 9.17) is 11.5 Å². The van der Waals surface area contributed by atoms with Crippen LogP contribution >= 0.6 is 24.4 Å². The molecule has 9 atom stereocenters. The molecule has 0 radical (unpaired) electrons. The summed E-state index contributed by atoms with van der Waals surface area (Å²) in [4.78, 5) is 125. The van der Waals surface area contributed by atoms with Crippen molar-refractivity contribution in [2.24, 2.45) is 23.3 Å². The molecular formula is C50H74N10O12S2. The molecule has 0 saturated heterocycles. The number of rotatable bonds is 33. The minimum absolute atomic E-state index is 0.0426. The molecule has 0 fully saturated rings. The van der Waals surface area contributed by atoms with Crippen LogP contribution in [0.5, 0.6) is 5.75 Å². The van der Waals surface area contributed by atoms with Crippen LogP contribution in [0, 0.1) is 11.8 Å². The van der Waals surface area contributed by atoms with E-state index in [2.05, 4.69) is 54.8 Å². The molecule has 24 heteroatoms. The molecule has 7 amide bonds. The smallest absolute Gasteiger partial charge is 0.327 e. The molecule has 3 rings (SSSR count). The lowest BCUT2D eigenvalue weighted by Gasteiger charge is -2.30. The van der Waals surface area contributed by atoms with Crippen molar-refractivity contribution in [1.82, 2.24) is 42.2 Å². The number of phenolic OH excluding ortho intramolecular Hbond substituents is 1. The Balaban J connectivity index is 2.02. The Hall–Kier alpha value is -6.37. The van der Waals surface area contributed by atoms with Crippen molar-refractivity contribution in [2.75, 3.05) is 24.3 Å². The van der Waals surface area contributed by atoms with E-state index in [0.717, 1.165) is 0 Å². The molecule has 408 valence electrons. The standard InChI is InChI=1S/C50H74N10O12S2/c1-6-28(4)42(60-45(66)36(20-22-74-5)55-48(69)41(52)27(2)3)49(70)56-34(13-9-10-21-51)43(64)58-38(24-30-25-53-33-12-8-7-11-32(30)33)47(68)54-35(18-19-40(62)63)44(65)57-37(23-29-14-16-31(61)17-15-29)46(67)59-39(26-73)50(71)72/h7-8,11-12,14-17,25,27-28,34-39,41-42,53,61,73H,6,9-10,13,18-24,26,51-52H2,1-5H3,(H,54,68)(H,55,69)(H,56,70)(H,57,65)(H,58,64)(H,59,67)(H,60,66)(H,62,63)(H,71,72)/t28-,34-,35-,36-,37-,38-,39-,41-,42-/m0/s1. The largest absolute Gasteiger partial charge is 0.508 e. The monoisotopic (exact) mass is 1070 g/mol. The molecule has 0 saturated carbocycles. The number of nitrogens with two attached hydrogens (primary N) is 2. The maximum Gasteiger partial charge on any atom is 0.327 e. The maximum absolute atomic E-state index is 14.6. The van der Waals surface area contributed by atoms with Gasteiger partial charge >= 0.3 is 11.9 Å². The Kier molecular flexibility index (Phi) is 26.3. The van der Waals surface area contributed by atoms with Crippen molar-refractivity contribution in [3.05, 3.63) is 65.9 Å². The Bertz CT molecular complexity index is 2370. The van der Waals surface area contributed by atoms with Crippen molar-refractivity contribution in [3.8, 4) is 5.75 Å². The van der Waals surface area contributed by atoms with Gasteiger partial charge in [0, 0.05) is 42.1 Å². The second-order valence-electron chi connectivity index (χ2n) is 18.5. The SMILES string of the molecule is CC[C@H](C)[C@H](NC(=O)[C@H](CCSC)NC(=O)[C@@H](N)C(C)C)C(=O)N[C@@H](CCCCN)C(=O)N[C@@H](Cc1c[nH]c2ccccc12)C(=O)N[C@@H](CCC(=O)O)C(=O)N[C@@H](Cc1ccc(O)cc1)C(=O)N[C@@H](CS)C(=O)O. The predicted molar refractivity (Wildman–Crippen MR) is 284 cm³/mol. The molecule has 0 spiro atoms. The molecule has 1 heterocycles. The predicted octanol–water partition coefficient (Wildman–Crippen LogP) is 0.843. The van der Waals surface area contributed by atoms with Crippen molar-refractivity contribution >= 4 is 88.6 Å². The number of aromatic nitrogens is 1. The third-order valence-corrected chi connectivity index (χ3v) is 13.5. The van der Waals surface area contributed by atoms with Crippen LogP contribution in [0.15, 0.2) is 54.7 Å². The molecule has 3 aromatic rings. The van der Waals surface area contributed by atoms with Crippen LogP contribution < -0.4 is 48.7 Å². The number of carboxylic acids is 2. The Morgan fingerprint density at radius 1 is 0.662 bits per heavy atom. The van der Waals surface area contributed by atoms with Crippen LogP contribution in [-0.2, 0) is 56.0 Å². The third kappa shape index (κ3) is 19.8. The summed E-state index contributed by atoms with van der Waals surface area (Å²) in [5.41, 5.74) is 13.6. The van der Waals surface area contributed by atoms with Gasteiger partial charge in [0.25, 0.3) is 0 Å². The van der Waals surface area contributed by atoms with Crippen molar-refractivity contribution < 1.29 is 58.5 Å². The van der Waals surface area contributed by atoms with Gasteiger partial charge in [-0.1, -0.05) is 64.4 Å². The minimum atomic E-state index is -1.64. The van der Waals surface area contributed by atoms with E-state index in [-0.39, 0.29) is 49.6 Å². The number of aromatic hydroxyl groups is 1. The van der Waals surface area contributed by atoms with Gasteiger partial charge in [-0.15, -0.1) is 0 Å². The normalized spacial score (nSPS) is 14.9. The molecule has 0 aliphatic carbocycles. The van der Waals surface area contributed by atoms with E-state index in [1.807, 2.05) is 13.2 Å². The summed E-state index contributed by atoms with van der Waals surface area (Å²) in [6, 6.07) is 2.31. The first-order valence-corrected chi connectivity index (χ1v) is 26.6. The highest BCUT2D eigenvalue weighted by atomic mass is 32.2. The van der Waals surface area contributed by atoms with E-state index in [1.54, 1.807) is 51.2 Å². The van der Waals surface area contributed by atoms with Gasteiger partial charge in [0.2, 0.25) is 41.4 Å². The highest BCUT2D eigenvalue weighted by Crippen LogP contribution is 2.20. The minimum Gasteiger partial charge on any atom is -0.508 e. The number of hydrogen-bond acceptors (Lipinski definition) is 14. The molecule has 2 aromatic carbocycles. The number of para-hydroxylation sites is 1. The fourth-order valence-corrected chi connectivity index (χ4v) is 8.39. The molecule has 0 bridgehead atoms. The lowest BCUT2D eigenvalue weighted by molar-refractivity contribution is -0.141. The number of carboxylic acid groups (broad SMARTS) is 2. The summed E-state index contributed by atoms with van der Waals surface area (Å²) in [7, 11) is 0. The molecule has 0 unspecified atom stereocenters. The molecule has 22 nitrogen and oxygen atoms in total. The van der Waals surface area contributed by atoms with E-state index in [1.165, 1.54) is 36.0 Å². The number of aliphatic carboxylic acids is 2. The zero-order valence-electron chi connectivity index (χ0n) is 42.5. The number of aromatic amines is 1. The fourth-order valence-electron chi connectivity index (χ4n) is 7.67. The Morgan fingerprint density at radius 2 is 1.19 bits per heavy atom. The zero-order chi connectivity index (χ0) is 55.1. The third-order valence-electron chi connectivity index (χ3n) is 12.5. The van der Waals surface area contributed by atoms with Crippen LogP contribution in [0.25, 0.3) is 10.9 Å². The molecule has 15 N–H and O–H groups in total. The lowest BCUT2D eigenvalue weighted by atomic mass is 9.96. The van der Waals surface area contributed by atoms with Gasteiger partial charge in [-0.25, -0.2) is 4.79 Å². The number of thioether (sulfide) groups is 1.